The Balaban J connectivity index is 2.87. The molecule has 0 bridgehead atoms. The first-order valence-electron chi connectivity index (χ1n) is 8.31. The van der Waals surface area contributed by atoms with Gasteiger partial charge in [-0.2, -0.15) is 0 Å². The highest BCUT2D eigenvalue weighted by atomic mass is 16.5. The number of hydrogen-bond acceptors (Lipinski definition) is 4. The van der Waals surface area contributed by atoms with Crippen molar-refractivity contribution in [2.45, 2.75) is 59.0 Å². The second-order valence-electron chi connectivity index (χ2n) is 7.46. The van der Waals surface area contributed by atoms with Crippen LogP contribution in [0.2, 0.25) is 0 Å². The Morgan fingerprint density at radius 2 is 1.58 bits per heavy atom. The fraction of sp³-hybridized carbons (Fsp3) is 0.579. The largest absolute Gasteiger partial charge is 0.453 e. The quantitative estimate of drug-likeness (QED) is 0.864. The minimum absolute atomic E-state index is 0.0115. The van der Waals surface area contributed by atoms with E-state index in [-0.39, 0.29) is 11.5 Å². The summed E-state index contributed by atoms with van der Waals surface area (Å²) in [4.78, 5) is 23.2. The lowest BCUT2D eigenvalue weighted by Gasteiger charge is -2.27. The van der Waals surface area contributed by atoms with E-state index in [9.17, 15) is 9.59 Å². The van der Waals surface area contributed by atoms with Crippen LogP contribution in [0.3, 0.4) is 0 Å². The Morgan fingerprint density at radius 3 is 2.00 bits per heavy atom. The fourth-order valence-corrected chi connectivity index (χ4v) is 2.47. The monoisotopic (exact) mass is 334 g/mol. The van der Waals surface area contributed by atoms with Crippen LogP contribution in [0.5, 0.6) is 0 Å². The summed E-state index contributed by atoms with van der Waals surface area (Å²) in [7, 11) is 1.23. The number of amides is 2. The maximum Gasteiger partial charge on any atom is 0.413 e. The van der Waals surface area contributed by atoms with Crippen LogP contribution in [0.25, 0.3) is 0 Å². The van der Waals surface area contributed by atoms with Crippen molar-refractivity contribution in [3.63, 3.8) is 0 Å². The fourth-order valence-electron chi connectivity index (χ4n) is 2.47. The third-order valence-corrected chi connectivity index (χ3v) is 4.04. The molecule has 0 aliphatic carbocycles. The summed E-state index contributed by atoms with van der Waals surface area (Å²) in [5.74, 6) is -0.113. The summed E-state index contributed by atoms with van der Waals surface area (Å²) in [5.41, 5.74) is 2.49. The van der Waals surface area contributed by atoms with E-state index in [0.29, 0.717) is 5.92 Å². The Hall–Kier alpha value is -1.88. The van der Waals surface area contributed by atoms with Gasteiger partial charge in [-0.05, 0) is 29.4 Å². The number of benzene rings is 1. The predicted molar refractivity (Wildman–Crippen MR) is 95.9 cm³/mol. The molecule has 0 aliphatic rings. The van der Waals surface area contributed by atoms with E-state index in [1.165, 1.54) is 12.7 Å². The van der Waals surface area contributed by atoms with Crippen LogP contribution in [0.15, 0.2) is 24.3 Å². The molecule has 0 aliphatic heterocycles. The van der Waals surface area contributed by atoms with Gasteiger partial charge < -0.3 is 4.74 Å². The van der Waals surface area contributed by atoms with Gasteiger partial charge in [-0.3, -0.25) is 15.4 Å². The Bertz CT molecular complexity index is 559. The number of ether oxygens (including phenoxy) is 1. The minimum atomic E-state index is -0.746. The number of nitrogens with one attached hydrogen (secondary N) is 2. The normalized spacial score (nSPS) is 14.2. The standard InChI is InChI=1S/C19H30N2O3/c1-12(2)16(20-13(3)17(22)21-18(23)24-7)14-8-10-15(11-9-14)19(4,5)6/h8-13,16,20H,1-7H3,(H,21,22,23)/t13-,16+/m1/s1. The van der Waals surface area contributed by atoms with Crippen molar-refractivity contribution in [1.82, 2.24) is 10.6 Å². The molecule has 0 radical (unpaired) electrons. The third-order valence-electron chi connectivity index (χ3n) is 4.04. The van der Waals surface area contributed by atoms with Gasteiger partial charge in [0.15, 0.2) is 0 Å². The van der Waals surface area contributed by atoms with Gasteiger partial charge in [0.25, 0.3) is 0 Å². The zero-order chi connectivity index (χ0) is 18.5. The average Bonchev–Trinajstić information content (AvgIpc) is 2.51. The molecule has 2 amide bonds. The molecule has 0 unspecified atom stereocenters. The van der Waals surface area contributed by atoms with E-state index in [0.717, 1.165) is 5.56 Å². The summed E-state index contributed by atoms with van der Waals surface area (Å²) >= 11 is 0. The number of hydrogen-bond donors (Lipinski definition) is 2. The molecular formula is C19H30N2O3. The molecule has 1 aromatic carbocycles. The van der Waals surface area contributed by atoms with Gasteiger partial charge >= 0.3 is 6.09 Å². The van der Waals surface area contributed by atoms with E-state index in [1.54, 1.807) is 6.92 Å². The Kier molecular flexibility index (Phi) is 6.96. The van der Waals surface area contributed by atoms with Gasteiger partial charge in [0.1, 0.15) is 0 Å². The molecule has 0 heterocycles. The maximum atomic E-state index is 12.0. The molecule has 0 saturated heterocycles. The zero-order valence-electron chi connectivity index (χ0n) is 15.8. The summed E-state index contributed by atoms with van der Waals surface area (Å²) in [6.07, 6.45) is -0.746. The molecular weight excluding hydrogens is 304 g/mol. The number of alkyl carbamates (subject to hydrolysis) is 1. The van der Waals surface area contributed by atoms with Crippen molar-refractivity contribution in [3.05, 3.63) is 35.4 Å². The molecule has 1 rings (SSSR count). The molecule has 5 heteroatoms. The highest BCUT2D eigenvalue weighted by Crippen LogP contribution is 2.27. The topological polar surface area (TPSA) is 67.4 Å². The van der Waals surface area contributed by atoms with Gasteiger partial charge in [-0.25, -0.2) is 4.79 Å². The number of rotatable bonds is 5. The summed E-state index contributed by atoms with van der Waals surface area (Å²) in [6, 6.07) is 7.96. The average molecular weight is 334 g/mol. The first-order chi connectivity index (χ1) is 11.1. The molecule has 1 aromatic rings. The number of carbonyl (C=O) groups is 2. The predicted octanol–water partition coefficient (Wildman–Crippen LogP) is 3.54. The molecule has 2 N–H and O–H groups in total. The van der Waals surface area contributed by atoms with Crippen molar-refractivity contribution < 1.29 is 14.3 Å². The van der Waals surface area contributed by atoms with E-state index in [4.69, 9.17) is 0 Å². The lowest BCUT2D eigenvalue weighted by atomic mass is 9.85. The summed E-state index contributed by atoms with van der Waals surface area (Å²) < 4.78 is 4.45. The van der Waals surface area contributed by atoms with Crippen molar-refractivity contribution in [2.75, 3.05) is 7.11 Å². The van der Waals surface area contributed by atoms with Gasteiger partial charge in [0.05, 0.1) is 13.2 Å². The van der Waals surface area contributed by atoms with E-state index < -0.39 is 18.0 Å². The Labute approximate surface area is 145 Å². The molecule has 0 aromatic heterocycles. The zero-order valence-corrected chi connectivity index (χ0v) is 15.8. The van der Waals surface area contributed by atoms with Crippen LogP contribution in [0.1, 0.15) is 58.7 Å². The van der Waals surface area contributed by atoms with Crippen molar-refractivity contribution >= 4 is 12.0 Å². The van der Waals surface area contributed by atoms with Crippen LogP contribution >= 0.6 is 0 Å². The lowest BCUT2D eigenvalue weighted by Crippen LogP contribution is -2.46. The van der Waals surface area contributed by atoms with Gasteiger partial charge in [-0.1, -0.05) is 58.9 Å². The van der Waals surface area contributed by atoms with Gasteiger partial charge in [-0.15, -0.1) is 0 Å². The van der Waals surface area contributed by atoms with Crippen molar-refractivity contribution in [1.29, 1.82) is 0 Å². The third kappa shape index (κ3) is 5.64. The molecule has 5 nitrogen and oxygen atoms in total. The number of imide groups is 1. The van der Waals surface area contributed by atoms with Crippen LogP contribution < -0.4 is 10.6 Å². The van der Waals surface area contributed by atoms with Crippen LogP contribution in [-0.4, -0.2) is 25.2 Å². The molecule has 0 fully saturated rings. The van der Waals surface area contributed by atoms with Crippen LogP contribution in [0.4, 0.5) is 4.79 Å². The summed E-state index contributed by atoms with van der Waals surface area (Å²) in [5, 5.41) is 5.49. The smallest absolute Gasteiger partial charge is 0.413 e. The molecule has 24 heavy (non-hydrogen) atoms. The second kappa shape index (κ2) is 8.29. The molecule has 2 atom stereocenters. The second-order valence-corrected chi connectivity index (χ2v) is 7.46. The molecule has 0 saturated carbocycles. The number of methoxy groups -OCH3 is 1. The van der Waals surface area contributed by atoms with Gasteiger partial charge in [0.2, 0.25) is 5.91 Å². The lowest BCUT2D eigenvalue weighted by molar-refractivity contribution is -0.122. The van der Waals surface area contributed by atoms with Gasteiger partial charge in [0, 0.05) is 6.04 Å². The van der Waals surface area contributed by atoms with Crippen LogP contribution in [-0.2, 0) is 14.9 Å². The van der Waals surface area contributed by atoms with Crippen LogP contribution in [0, 0.1) is 5.92 Å². The van der Waals surface area contributed by atoms with E-state index >= 15 is 0 Å². The minimum Gasteiger partial charge on any atom is -0.453 e. The van der Waals surface area contributed by atoms with Crippen molar-refractivity contribution in [3.8, 4) is 0 Å². The first-order valence-corrected chi connectivity index (χ1v) is 8.31. The summed E-state index contributed by atoms with van der Waals surface area (Å²) in [6.45, 7) is 12.5. The Morgan fingerprint density at radius 1 is 1.04 bits per heavy atom. The maximum absolute atomic E-state index is 12.0. The highest BCUT2D eigenvalue weighted by Gasteiger charge is 2.23. The van der Waals surface area contributed by atoms with E-state index in [1.807, 2.05) is 0 Å². The van der Waals surface area contributed by atoms with E-state index in [2.05, 4.69) is 74.3 Å². The molecule has 134 valence electrons. The number of carbonyl (C=O) groups excluding carboxylic acids is 2. The first kappa shape index (κ1) is 20.2. The molecule has 0 spiro atoms. The highest BCUT2D eigenvalue weighted by molar-refractivity contribution is 5.94. The SMILES string of the molecule is COC(=O)NC(=O)[C@@H](C)N[C@H](c1ccc(C(C)(C)C)cc1)C(C)C. The van der Waals surface area contributed by atoms with Crippen molar-refractivity contribution in [2.24, 2.45) is 5.92 Å².